The van der Waals surface area contributed by atoms with Crippen LogP contribution in [0.5, 0.6) is 0 Å². The Morgan fingerprint density at radius 1 is 1.17 bits per heavy atom. The molecule has 0 atom stereocenters. The summed E-state index contributed by atoms with van der Waals surface area (Å²) in [4.78, 5) is 31.1. The van der Waals surface area contributed by atoms with Gasteiger partial charge in [0.05, 0.1) is 36.9 Å². The lowest BCUT2D eigenvalue weighted by Crippen LogP contribution is -2.52. The molecule has 2 fully saturated rings. The van der Waals surface area contributed by atoms with E-state index in [1.54, 1.807) is 17.7 Å². The minimum Gasteiger partial charge on any atom is -0.382 e. The molecule has 13 nitrogen and oxygen atoms in total. The molecule has 3 N–H and O–H groups in total. The Bertz CT molecular complexity index is 1240. The van der Waals surface area contributed by atoms with Gasteiger partial charge in [0, 0.05) is 39.2 Å². The molecule has 35 heavy (non-hydrogen) atoms. The number of nitrogens with one attached hydrogen (secondary N) is 3. The van der Waals surface area contributed by atoms with Crippen LogP contribution in [-0.4, -0.2) is 83.2 Å². The van der Waals surface area contributed by atoms with Crippen LogP contribution >= 0.6 is 0 Å². The zero-order valence-electron chi connectivity index (χ0n) is 19.5. The predicted molar refractivity (Wildman–Crippen MR) is 127 cm³/mol. The van der Waals surface area contributed by atoms with Gasteiger partial charge in [-0.25, -0.2) is 4.52 Å². The van der Waals surface area contributed by atoms with E-state index in [-0.39, 0.29) is 35.4 Å². The number of aromatic nitrogens is 5. The quantitative estimate of drug-likeness (QED) is 0.356. The van der Waals surface area contributed by atoms with Crippen LogP contribution in [0.15, 0.2) is 24.4 Å². The maximum atomic E-state index is 12.3. The van der Waals surface area contributed by atoms with Crippen LogP contribution in [0, 0.1) is 5.92 Å². The van der Waals surface area contributed by atoms with Crippen molar-refractivity contribution in [1.82, 2.24) is 30.1 Å². The summed E-state index contributed by atoms with van der Waals surface area (Å²) in [5.74, 6) is 0.0203. The van der Waals surface area contributed by atoms with Crippen molar-refractivity contribution in [2.45, 2.75) is 18.9 Å². The van der Waals surface area contributed by atoms with Crippen LogP contribution in [0.3, 0.4) is 0 Å². The van der Waals surface area contributed by atoms with Crippen molar-refractivity contribution in [3.8, 4) is 0 Å². The minimum atomic E-state index is -0.425. The molecule has 4 heterocycles. The molecule has 3 aromatic rings. The van der Waals surface area contributed by atoms with Gasteiger partial charge >= 0.3 is 0 Å². The Labute approximate surface area is 201 Å². The first-order valence-corrected chi connectivity index (χ1v) is 11.4. The summed E-state index contributed by atoms with van der Waals surface area (Å²) in [5, 5.41) is 20.8. The van der Waals surface area contributed by atoms with Crippen LogP contribution in [0.2, 0.25) is 0 Å². The smallest absolute Gasteiger partial charge is 0.273 e. The molecule has 1 saturated heterocycles. The van der Waals surface area contributed by atoms with E-state index in [0.29, 0.717) is 24.5 Å². The number of carbonyl (C=O) groups excluding carboxylic acids is 2. The summed E-state index contributed by atoms with van der Waals surface area (Å²) in [5.41, 5.74) is 2.04. The van der Waals surface area contributed by atoms with Gasteiger partial charge in [-0.15, -0.1) is 15.3 Å². The number of amides is 2. The monoisotopic (exact) mass is 481 g/mol. The van der Waals surface area contributed by atoms with Crippen molar-refractivity contribution >= 4 is 40.6 Å². The zero-order valence-corrected chi connectivity index (χ0v) is 19.5. The summed E-state index contributed by atoms with van der Waals surface area (Å²) in [6, 6.07) is 5.41. The lowest BCUT2D eigenvalue weighted by atomic mass is 10.1. The van der Waals surface area contributed by atoms with E-state index in [1.807, 2.05) is 18.3 Å². The number of pyridine rings is 1. The normalized spacial score (nSPS) is 15.7. The Morgan fingerprint density at radius 2 is 2.00 bits per heavy atom. The fourth-order valence-corrected chi connectivity index (χ4v) is 3.69. The molecule has 1 aliphatic carbocycles. The highest BCUT2D eigenvalue weighted by Crippen LogP contribution is 2.30. The maximum absolute atomic E-state index is 12.3. The van der Waals surface area contributed by atoms with E-state index in [0.717, 1.165) is 31.6 Å². The van der Waals surface area contributed by atoms with Crippen molar-refractivity contribution in [2.75, 3.05) is 56.0 Å². The molecule has 0 bridgehead atoms. The van der Waals surface area contributed by atoms with Gasteiger partial charge in [0.25, 0.3) is 5.91 Å². The fraction of sp³-hybridized carbons (Fsp3) is 0.455. The Kier molecular flexibility index (Phi) is 6.42. The standard InChI is InChI=1S/C22H27N9O4/c1-23-21(33)19-16(9-17(27-28-19)25-20(32)13-3-4-13)24-22-26-18-6-5-14(10-31(18)29-22)30-11-15(12-30)35-8-7-34-2/h5-6,9-10,13,15H,3-4,7-8,11-12H2,1-2H3,(H,23,33)(H2,24,25,27,29,32). The molecule has 0 aromatic carbocycles. The number of anilines is 4. The molecule has 1 aliphatic heterocycles. The van der Waals surface area contributed by atoms with Crippen molar-refractivity contribution in [2.24, 2.45) is 5.92 Å². The van der Waals surface area contributed by atoms with Gasteiger partial charge in [-0.1, -0.05) is 0 Å². The Morgan fingerprint density at radius 3 is 2.74 bits per heavy atom. The number of carbonyl (C=O) groups is 2. The third kappa shape index (κ3) is 5.15. The third-order valence-electron chi connectivity index (χ3n) is 5.85. The molecule has 5 rings (SSSR count). The van der Waals surface area contributed by atoms with Gasteiger partial charge < -0.3 is 30.3 Å². The van der Waals surface area contributed by atoms with Crippen molar-refractivity contribution in [3.05, 3.63) is 30.1 Å². The van der Waals surface area contributed by atoms with Crippen molar-refractivity contribution in [1.29, 1.82) is 0 Å². The number of hydrogen-bond acceptors (Lipinski definition) is 10. The molecule has 13 heteroatoms. The summed E-state index contributed by atoms with van der Waals surface area (Å²) >= 11 is 0. The van der Waals surface area contributed by atoms with Gasteiger partial charge in [0.2, 0.25) is 11.9 Å². The molecule has 1 saturated carbocycles. The SMILES string of the molecule is CNC(=O)c1nnc(NC(=O)C2CC2)cc1Nc1nc2ccc(N3CC(OCCOC)C3)cn2n1. The van der Waals surface area contributed by atoms with E-state index in [2.05, 4.69) is 41.1 Å². The molecule has 3 aromatic heterocycles. The minimum absolute atomic E-state index is 0.0136. The Hall–Kier alpha value is -3.84. The molecular formula is C22H27N9O4. The van der Waals surface area contributed by atoms with Crippen molar-refractivity contribution < 1.29 is 19.1 Å². The number of fused-ring (bicyclic) bond motifs is 1. The van der Waals surface area contributed by atoms with Crippen LogP contribution in [0.25, 0.3) is 5.65 Å². The topological polar surface area (TPSA) is 148 Å². The number of rotatable bonds is 10. The number of hydrogen-bond donors (Lipinski definition) is 3. The highest BCUT2D eigenvalue weighted by molar-refractivity contribution is 5.99. The molecule has 184 valence electrons. The van der Waals surface area contributed by atoms with Crippen molar-refractivity contribution in [3.63, 3.8) is 0 Å². The molecule has 0 unspecified atom stereocenters. The van der Waals surface area contributed by atoms with E-state index in [4.69, 9.17) is 9.47 Å². The van der Waals surface area contributed by atoms with E-state index < -0.39 is 5.91 Å². The summed E-state index contributed by atoms with van der Waals surface area (Å²) in [6.07, 6.45) is 3.82. The number of ether oxygens (including phenoxy) is 2. The second kappa shape index (κ2) is 9.80. The van der Waals surface area contributed by atoms with Gasteiger partial charge in [0.15, 0.2) is 17.2 Å². The summed E-state index contributed by atoms with van der Waals surface area (Å²) in [6.45, 7) is 2.76. The summed E-state index contributed by atoms with van der Waals surface area (Å²) < 4.78 is 12.4. The second-order valence-electron chi connectivity index (χ2n) is 8.48. The van der Waals surface area contributed by atoms with Gasteiger partial charge in [0.1, 0.15) is 0 Å². The highest BCUT2D eigenvalue weighted by Gasteiger charge is 2.30. The molecule has 2 amide bonds. The maximum Gasteiger partial charge on any atom is 0.273 e. The molecule has 0 spiro atoms. The Balaban J connectivity index is 1.31. The molecular weight excluding hydrogens is 454 g/mol. The third-order valence-corrected chi connectivity index (χ3v) is 5.85. The largest absolute Gasteiger partial charge is 0.382 e. The van der Waals surface area contributed by atoms with Crippen LogP contribution in [-0.2, 0) is 14.3 Å². The first-order valence-electron chi connectivity index (χ1n) is 11.4. The van der Waals surface area contributed by atoms with E-state index >= 15 is 0 Å². The highest BCUT2D eigenvalue weighted by atomic mass is 16.5. The fourth-order valence-electron chi connectivity index (χ4n) is 3.69. The van der Waals surface area contributed by atoms with E-state index in [9.17, 15) is 9.59 Å². The number of nitrogens with zero attached hydrogens (tertiary/aromatic N) is 6. The first-order chi connectivity index (χ1) is 17.0. The lowest BCUT2D eigenvalue weighted by molar-refractivity contribution is -0.117. The van der Waals surface area contributed by atoms with Gasteiger partial charge in [-0.05, 0) is 25.0 Å². The molecule has 0 radical (unpaired) electrons. The number of methoxy groups -OCH3 is 1. The van der Waals surface area contributed by atoms with E-state index in [1.165, 1.54) is 7.05 Å². The second-order valence-corrected chi connectivity index (χ2v) is 8.48. The predicted octanol–water partition coefficient (Wildman–Crippen LogP) is 0.823. The average Bonchev–Trinajstić information content (AvgIpc) is 3.60. The lowest BCUT2D eigenvalue weighted by Gasteiger charge is -2.40. The van der Waals surface area contributed by atoms with Crippen LogP contribution < -0.4 is 20.9 Å². The first kappa shape index (κ1) is 22.9. The molecule has 2 aliphatic rings. The van der Waals surface area contributed by atoms with Gasteiger partial charge in [-0.2, -0.15) is 4.98 Å². The van der Waals surface area contributed by atoms with Crippen LogP contribution in [0.4, 0.5) is 23.1 Å². The van der Waals surface area contributed by atoms with Gasteiger partial charge in [-0.3, -0.25) is 9.59 Å². The zero-order chi connectivity index (χ0) is 24.4. The summed E-state index contributed by atoms with van der Waals surface area (Å²) in [7, 11) is 3.16. The average molecular weight is 482 g/mol. The van der Waals surface area contributed by atoms with Crippen LogP contribution in [0.1, 0.15) is 23.3 Å².